The summed E-state index contributed by atoms with van der Waals surface area (Å²) in [6.45, 7) is 0.851. The van der Waals surface area contributed by atoms with Crippen molar-refractivity contribution in [3.05, 3.63) is 62.9 Å². The number of anilines is 1. The van der Waals surface area contributed by atoms with Gasteiger partial charge in [-0.2, -0.15) is 4.31 Å². The van der Waals surface area contributed by atoms with Gasteiger partial charge in [0.2, 0.25) is 10.0 Å². The van der Waals surface area contributed by atoms with Gasteiger partial charge in [0.1, 0.15) is 5.65 Å². The molecule has 0 atom stereocenters. The average Bonchev–Trinajstić information content (AvgIpc) is 2.82. The third-order valence-electron chi connectivity index (χ3n) is 5.62. The van der Waals surface area contributed by atoms with Crippen LogP contribution < -0.4 is 16.6 Å². The number of aryl methyl sites for hydroxylation is 1. The molecule has 1 aliphatic rings. The summed E-state index contributed by atoms with van der Waals surface area (Å²) in [4.78, 5) is 41.6. The minimum absolute atomic E-state index is 0.00605. The molecule has 1 amide bonds. The van der Waals surface area contributed by atoms with E-state index in [0.29, 0.717) is 13.1 Å². The fourth-order valence-electron chi connectivity index (χ4n) is 3.86. The SMILES string of the molecule is Cn1c(=O)c2cc(NC(=O)c3ccccc3S(=O)(=O)N3CCCCC3)cnc2n(C)c1=O. The second-order valence-corrected chi connectivity index (χ2v) is 9.62. The Morgan fingerprint density at radius 1 is 1.03 bits per heavy atom. The highest BCUT2D eigenvalue weighted by atomic mass is 32.2. The van der Waals surface area contributed by atoms with Crippen LogP contribution in [0.5, 0.6) is 0 Å². The van der Waals surface area contributed by atoms with Crippen molar-refractivity contribution >= 4 is 32.7 Å². The van der Waals surface area contributed by atoms with Gasteiger partial charge < -0.3 is 5.32 Å². The number of rotatable bonds is 4. The van der Waals surface area contributed by atoms with Gasteiger partial charge in [-0.15, -0.1) is 0 Å². The molecular weight excluding hydrogens is 434 g/mol. The first-order valence-electron chi connectivity index (χ1n) is 10.2. The number of carbonyl (C=O) groups excluding carboxylic acids is 1. The van der Waals surface area contributed by atoms with Crippen molar-refractivity contribution in [3.8, 4) is 0 Å². The molecule has 1 aromatic carbocycles. The molecule has 32 heavy (non-hydrogen) atoms. The minimum Gasteiger partial charge on any atom is -0.321 e. The lowest BCUT2D eigenvalue weighted by Crippen LogP contribution is -2.37. The van der Waals surface area contributed by atoms with Crippen LogP contribution in [0.25, 0.3) is 11.0 Å². The van der Waals surface area contributed by atoms with Crippen molar-refractivity contribution in [2.24, 2.45) is 14.1 Å². The maximum Gasteiger partial charge on any atom is 0.332 e. The number of benzene rings is 1. The lowest BCUT2D eigenvalue weighted by molar-refractivity contribution is 0.102. The highest BCUT2D eigenvalue weighted by Crippen LogP contribution is 2.24. The summed E-state index contributed by atoms with van der Waals surface area (Å²) >= 11 is 0. The summed E-state index contributed by atoms with van der Waals surface area (Å²) in [5.74, 6) is -0.635. The smallest absolute Gasteiger partial charge is 0.321 e. The Hall–Kier alpha value is -3.31. The Bertz CT molecular complexity index is 1440. The first-order valence-corrected chi connectivity index (χ1v) is 11.6. The monoisotopic (exact) mass is 457 g/mol. The number of sulfonamides is 1. The molecule has 3 aromatic rings. The second-order valence-electron chi connectivity index (χ2n) is 7.72. The van der Waals surface area contributed by atoms with E-state index in [-0.39, 0.29) is 27.2 Å². The molecule has 0 bridgehead atoms. The number of amides is 1. The molecule has 11 heteroatoms. The van der Waals surface area contributed by atoms with Gasteiger partial charge in [0.05, 0.1) is 27.7 Å². The van der Waals surface area contributed by atoms with Crippen LogP contribution in [-0.2, 0) is 24.1 Å². The van der Waals surface area contributed by atoms with Gasteiger partial charge in [-0.1, -0.05) is 18.6 Å². The van der Waals surface area contributed by atoms with Crippen LogP contribution in [0, 0.1) is 0 Å². The summed E-state index contributed by atoms with van der Waals surface area (Å²) in [6, 6.07) is 7.46. The molecule has 2 aromatic heterocycles. The van der Waals surface area contributed by atoms with Crippen LogP contribution in [0.2, 0.25) is 0 Å². The van der Waals surface area contributed by atoms with Crippen LogP contribution in [0.15, 0.2) is 51.0 Å². The van der Waals surface area contributed by atoms with Crippen LogP contribution in [0.3, 0.4) is 0 Å². The number of hydrogen-bond acceptors (Lipinski definition) is 6. The molecule has 1 N–H and O–H groups in total. The van der Waals surface area contributed by atoms with E-state index >= 15 is 0 Å². The van der Waals surface area contributed by atoms with Gasteiger partial charge in [0.15, 0.2) is 0 Å². The van der Waals surface area contributed by atoms with Gasteiger partial charge in [0.25, 0.3) is 11.5 Å². The van der Waals surface area contributed by atoms with Crippen LogP contribution in [0.1, 0.15) is 29.6 Å². The maximum absolute atomic E-state index is 13.1. The zero-order valence-corrected chi connectivity index (χ0v) is 18.6. The van der Waals surface area contributed by atoms with Gasteiger partial charge in [-0.05, 0) is 31.0 Å². The van der Waals surface area contributed by atoms with E-state index in [1.165, 1.54) is 47.4 Å². The molecule has 0 spiro atoms. The van der Waals surface area contributed by atoms with Crippen LogP contribution in [0.4, 0.5) is 5.69 Å². The predicted molar refractivity (Wildman–Crippen MR) is 119 cm³/mol. The summed E-state index contributed by atoms with van der Waals surface area (Å²) in [7, 11) is -0.967. The number of carbonyl (C=O) groups is 1. The minimum atomic E-state index is -3.82. The standard InChI is InChI=1S/C21H23N5O5S/c1-24-18-16(20(28)25(2)21(24)29)12-14(13-22-18)23-19(27)15-8-4-5-9-17(15)32(30,31)26-10-6-3-7-11-26/h4-5,8-9,12-13H,3,6-7,10-11H2,1-2H3,(H,23,27). The number of nitrogens with one attached hydrogen (secondary N) is 1. The van der Waals surface area contributed by atoms with E-state index in [1.54, 1.807) is 12.1 Å². The van der Waals surface area contributed by atoms with E-state index in [9.17, 15) is 22.8 Å². The topological polar surface area (TPSA) is 123 Å². The van der Waals surface area contributed by atoms with E-state index in [2.05, 4.69) is 10.3 Å². The lowest BCUT2D eigenvalue weighted by atomic mass is 10.2. The largest absolute Gasteiger partial charge is 0.332 e. The molecule has 168 valence electrons. The Kier molecular flexibility index (Phi) is 5.70. The Balaban J connectivity index is 1.71. The summed E-state index contributed by atoms with van der Waals surface area (Å²) in [6.07, 6.45) is 3.87. The summed E-state index contributed by atoms with van der Waals surface area (Å²) < 4.78 is 29.9. The third-order valence-corrected chi connectivity index (χ3v) is 7.57. The highest BCUT2D eigenvalue weighted by Gasteiger charge is 2.29. The number of nitrogens with zero attached hydrogens (tertiary/aromatic N) is 4. The van der Waals surface area contributed by atoms with Crippen molar-refractivity contribution < 1.29 is 13.2 Å². The van der Waals surface area contributed by atoms with Gasteiger partial charge >= 0.3 is 5.69 Å². The van der Waals surface area contributed by atoms with Crippen LogP contribution >= 0.6 is 0 Å². The van der Waals surface area contributed by atoms with E-state index in [0.717, 1.165) is 23.8 Å². The average molecular weight is 458 g/mol. The first-order chi connectivity index (χ1) is 15.2. The summed E-state index contributed by atoms with van der Waals surface area (Å²) in [5.41, 5.74) is -0.650. The zero-order chi connectivity index (χ0) is 23.0. The molecular formula is C21H23N5O5S. The lowest BCUT2D eigenvalue weighted by Gasteiger charge is -2.26. The van der Waals surface area contributed by atoms with Gasteiger partial charge in [-0.3, -0.25) is 18.7 Å². The number of piperidine rings is 1. The van der Waals surface area contributed by atoms with Gasteiger partial charge in [-0.25, -0.2) is 18.2 Å². The number of fused-ring (bicyclic) bond motifs is 1. The molecule has 3 heterocycles. The maximum atomic E-state index is 13.1. The van der Waals surface area contributed by atoms with Crippen molar-refractivity contribution in [2.45, 2.75) is 24.2 Å². The molecule has 1 fully saturated rings. The van der Waals surface area contributed by atoms with Crippen molar-refractivity contribution in [1.29, 1.82) is 0 Å². The van der Waals surface area contributed by atoms with Crippen molar-refractivity contribution in [3.63, 3.8) is 0 Å². The number of hydrogen-bond donors (Lipinski definition) is 1. The molecule has 0 aliphatic carbocycles. The van der Waals surface area contributed by atoms with E-state index < -0.39 is 27.2 Å². The number of aromatic nitrogens is 3. The van der Waals surface area contributed by atoms with Crippen molar-refractivity contribution in [1.82, 2.24) is 18.4 Å². The Morgan fingerprint density at radius 3 is 2.44 bits per heavy atom. The summed E-state index contributed by atoms with van der Waals surface area (Å²) in [5, 5.41) is 2.78. The number of pyridine rings is 1. The Morgan fingerprint density at radius 2 is 1.72 bits per heavy atom. The molecule has 0 radical (unpaired) electrons. The highest BCUT2D eigenvalue weighted by molar-refractivity contribution is 7.89. The van der Waals surface area contributed by atoms with E-state index in [1.807, 2.05) is 0 Å². The fraction of sp³-hybridized carbons (Fsp3) is 0.333. The van der Waals surface area contributed by atoms with Crippen molar-refractivity contribution in [2.75, 3.05) is 18.4 Å². The van der Waals surface area contributed by atoms with Gasteiger partial charge in [0, 0.05) is 27.2 Å². The first kappa shape index (κ1) is 21.9. The zero-order valence-electron chi connectivity index (χ0n) is 17.7. The van der Waals surface area contributed by atoms with E-state index in [4.69, 9.17) is 0 Å². The quantitative estimate of drug-likeness (QED) is 0.625. The van der Waals surface area contributed by atoms with Crippen LogP contribution in [-0.4, -0.2) is 45.8 Å². The molecule has 4 rings (SSSR count). The normalized spacial score (nSPS) is 15.1. The fourth-order valence-corrected chi connectivity index (χ4v) is 5.56. The molecule has 1 aliphatic heterocycles. The second kappa shape index (κ2) is 8.32. The third kappa shape index (κ3) is 3.73. The Labute approximate surface area is 184 Å². The predicted octanol–water partition coefficient (Wildman–Crippen LogP) is 1.06. The molecule has 0 unspecified atom stereocenters. The molecule has 1 saturated heterocycles. The molecule has 0 saturated carbocycles. The molecule has 10 nitrogen and oxygen atoms in total.